The van der Waals surface area contributed by atoms with Crippen LogP contribution < -0.4 is 5.32 Å². The summed E-state index contributed by atoms with van der Waals surface area (Å²) in [4.78, 5) is 17.3. The van der Waals surface area contributed by atoms with Crippen molar-refractivity contribution in [1.82, 2.24) is 4.98 Å². The summed E-state index contributed by atoms with van der Waals surface area (Å²) in [5.74, 6) is 0.430. The zero-order chi connectivity index (χ0) is 17.1. The van der Waals surface area contributed by atoms with Crippen molar-refractivity contribution in [3.05, 3.63) is 71.4 Å². The molecule has 0 fully saturated rings. The molecule has 0 spiro atoms. The van der Waals surface area contributed by atoms with Crippen molar-refractivity contribution >= 4 is 22.5 Å². The number of carbonyl (C=O) groups excluding carboxylic acids is 1. The normalized spacial score (nSPS) is 11.0. The number of nitrogens with one attached hydrogen (secondary N) is 1. The first-order chi connectivity index (χ1) is 11.6. The third-order valence-corrected chi connectivity index (χ3v) is 4.10. The number of amides is 1. The highest BCUT2D eigenvalue weighted by atomic mass is 16.1. The molecule has 1 heterocycles. The van der Waals surface area contributed by atoms with Crippen LogP contribution in [0.3, 0.4) is 0 Å². The molecule has 3 rings (SSSR count). The highest BCUT2D eigenvalue weighted by Gasteiger charge is 2.16. The second kappa shape index (κ2) is 6.83. The summed E-state index contributed by atoms with van der Waals surface area (Å²) in [7, 11) is 0. The van der Waals surface area contributed by atoms with Crippen LogP contribution in [0.5, 0.6) is 0 Å². The number of carbonyl (C=O) groups is 1. The Kier molecular flexibility index (Phi) is 4.61. The van der Waals surface area contributed by atoms with E-state index in [9.17, 15) is 4.79 Å². The van der Waals surface area contributed by atoms with Crippen LogP contribution in [0, 0.1) is 12.8 Å². The number of nitrogens with zero attached hydrogens (tertiary/aromatic N) is 1. The Hall–Kier alpha value is -2.68. The molecule has 1 amide bonds. The predicted molar refractivity (Wildman–Crippen MR) is 99.4 cm³/mol. The molecule has 3 heteroatoms. The number of rotatable bonds is 4. The van der Waals surface area contributed by atoms with Gasteiger partial charge in [0, 0.05) is 17.1 Å². The zero-order valence-electron chi connectivity index (χ0n) is 14.3. The monoisotopic (exact) mass is 318 g/mol. The van der Waals surface area contributed by atoms with Gasteiger partial charge in [-0.1, -0.05) is 50.2 Å². The average Bonchev–Trinajstić information content (AvgIpc) is 2.54. The first-order valence-electron chi connectivity index (χ1n) is 8.30. The summed E-state index contributed by atoms with van der Waals surface area (Å²) < 4.78 is 0. The van der Waals surface area contributed by atoms with Crippen LogP contribution in [0.1, 0.15) is 35.3 Å². The minimum atomic E-state index is -0.0677. The van der Waals surface area contributed by atoms with Gasteiger partial charge >= 0.3 is 0 Å². The number of para-hydroxylation sites is 1. The second-order valence-electron chi connectivity index (χ2n) is 6.54. The lowest BCUT2D eigenvalue weighted by Gasteiger charge is -2.15. The van der Waals surface area contributed by atoms with Gasteiger partial charge in [-0.3, -0.25) is 9.78 Å². The van der Waals surface area contributed by atoms with Gasteiger partial charge in [-0.2, -0.15) is 0 Å². The van der Waals surface area contributed by atoms with Gasteiger partial charge in [0.05, 0.1) is 11.2 Å². The number of anilines is 1. The molecule has 0 radical (unpaired) electrons. The summed E-state index contributed by atoms with van der Waals surface area (Å²) in [5, 5.41) is 4.07. The number of fused-ring (bicyclic) bond motifs is 1. The van der Waals surface area contributed by atoms with E-state index >= 15 is 0 Å². The van der Waals surface area contributed by atoms with Crippen LogP contribution in [-0.4, -0.2) is 10.9 Å². The number of hydrogen-bond acceptors (Lipinski definition) is 2. The van der Waals surface area contributed by atoms with Crippen molar-refractivity contribution < 1.29 is 4.79 Å². The molecule has 3 aromatic rings. The quantitative estimate of drug-likeness (QED) is 0.736. The molecule has 0 unspecified atom stereocenters. The van der Waals surface area contributed by atoms with Crippen molar-refractivity contribution in [3.8, 4) is 0 Å². The standard InChI is InChI=1S/C21H22N2O/c1-14(2)13-17-9-4-7-15(3)19(17)21(24)23-18-11-5-8-16-10-6-12-22-20(16)18/h4-12,14H,13H2,1-3H3,(H,23,24). The van der Waals surface area contributed by atoms with Gasteiger partial charge in [0.25, 0.3) is 5.91 Å². The second-order valence-corrected chi connectivity index (χ2v) is 6.54. The fourth-order valence-electron chi connectivity index (χ4n) is 3.05. The van der Waals surface area contributed by atoms with Crippen LogP contribution in [0.15, 0.2) is 54.7 Å². The summed E-state index contributed by atoms with van der Waals surface area (Å²) in [5.41, 5.74) is 4.43. The van der Waals surface area contributed by atoms with E-state index in [1.54, 1.807) is 6.20 Å². The van der Waals surface area contributed by atoms with Crippen molar-refractivity contribution in [2.45, 2.75) is 27.2 Å². The van der Waals surface area contributed by atoms with E-state index in [1.807, 2.05) is 55.5 Å². The molecule has 0 aliphatic rings. The van der Waals surface area contributed by atoms with Gasteiger partial charge in [0.1, 0.15) is 0 Å². The fourth-order valence-corrected chi connectivity index (χ4v) is 3.05. The molecule has 0 atom stereocenters. The Balaban J connectivity index is 1.98. The lowest BCUT2D eigenvalue weighted by molar-refractivity contribution is 0.102. The molecule has 1 N–H and O–H groups in total. The van der Waals surface area contributed by atoms with Gasteiger partial charge in [0.15, 0.2) is 0 Å². The van der Waals surface area contributed by atoms with E-state index in [1.165, 1.54) is 0 Å². The van der Waals surface area contributed by atoms with E-state index in [-0.39, 0.29) is 5.91 Å². The van der Waals surface area contributed by atoms with Gasteiger partial charge < -0.3 is 5.32 Å². The average molecular weight is 318 g/mol. The van der Waals surface area contributed by atoms with Gasteiger partial charge in [-0.25, -0.2) is 0 Å². The van der Waals surface area contributed by atoms with Crippen LogP contribution in [-0.2, 0) is 6.42 Å². The minimum Gasteiger partial charge on any atom is -0.320 e. The third kappa shape index (κ3) is 3.30. The van der Waals surface area contributed by atoms with Gasteiger partial charge in [-0.15, -0.1) is 0 Å². The Morgan fingerprint density at radius 3 is 2.62 bits per heavy atom. The summed E-state index contributed by atoms with van der Waals surface area (Å²) in [6, 6.07) is 15.8. The van der Waals surface area contributed by atoms with E-state index in [0.29, 0.717) is 5.92 Å². The van der Waals surface area contributed by atoms with E-state index in [4.69, 9.17) is 0 Å². The Labute approximate surface area is 142 Å². The van der Waals surface area contributed by atoms with Gasteiger partial charge in [0.2, 0.25) is 0 Å². The SMILES string of the molecule is Cc1cccc(CC(C)C)c1C(=O)Nc1cccc2cccnc12. The number of aryl methyl sites for hydroxylation is 1. The highest BCUT2D eigenvalue weighted by Crippen LogP contribution is 2.24. The first-order valence-corrected chi connectivity index (χ1v) is 8.30. The predicted octanol–water partition coefficient (Wildman–Crippen LogP) is 4.99. The van der Waals surface area contributed by atoms with Gasteiger partial charge in [-0.05, 0) is 42.5 Å². The van der Waals surface area contributed by atoms with E-state index in [2.05, 4.69) is 24.1 Å². The van der Waals surface area contributed by atoms with Crippen molar-refractivity contribution in [2.75, 3.05) is 5.32 Å². The maximum absolute atomic E-state index is 12.9. The molecule has 2 aromatic carbocycles. The molecule has 0 aliphatic carbocycles. The Bertz CT molecular complexity index is 879. The van der Waals surface area contributed by atoms with Crippen molar-refractivity contribution in [2.24, 2.45) is 5.92 Å². The van der Waals surface area contributed by atoms with Crippen LogP contribution in [0.2, 0.25) is 0 Å². The third-order valence-electron chi connectivity index (χ3n) is 4.10. The molecule has 0 bridgehead atoms. The summed E-state index contributed by atoms with van der Waals surface area (Å²) in [6.07, 6.45) is 2.63. The summed E-state index contributed by atoms with van der Waals surface area (Å²) >= 11 is 0. The van der Waals surface area contributed by atoms with Crippen molar-refractivity contribution in [3.63, 3.8) is 0 Å². The minimum absolute atomic E-state index is 0.0677. The number of benzene rings is 2. The largest absolute Gasteiger partial charge is 0.320 e. The van der Waals surface area contributed by atoms with E-state index < -0.39 is 0 Å². The van der Waals surface area contributed by atoms with Crippen molar-refractivity contribution in [1.29, 1.82) is 0 Å². The van der Waals surface area contributed by atoms with E-state index in [0.717, 1.165) is 39.7 Å². The molecular weight excluding hydrogens is 296 g/mol. The lowest BCUT2D eigenvalue weighted by atomic mass is 9.94. The van der Waals surface area contributed by atoms with Crippen LogP contribution >= 0.6 is 0 Å². The molecule has 24 heavy (non-hydrogen) atoms. The van der Waals surface area contributed by atoms with Crippen LogP contribution in [0.4, 0.5) is 5.69 Å². The maximum Gasteiger partial charge on any atom is 0.256 e. The van der Waals surface area contributed by atoms with Crippen LogP contribution in [0.25, 0.3) is 10.9 Å². The maximum atomic E-state index is 12.9. The molecule has 3 nitrogen and oxygen atoms in total. The highest BCUT2D eigenvalue weighted by molar-refractivity contribution is 6.09. The number of aromatic nitrogens is 1. The molecule has 1 aromatic heterocycles. The molecule has 0 saturated carbocycles. The lowest BCUT2D eigenvalue weighted by Crippen LogP contribution is -2.17. The molecule has 0 saturated heterocycles. The Morgan fingerprint density at radius 1 is 1.08 bits per heavy atom. The number of pyridine rings is 1. The zero-order valence-corrected chi connectivity index (χ0v) is 14.3. The number of hydrogen-bond donors (Lipinski definition) is 1. The molecule has 122 valence electrons. The molecule has 0 aliphatic heterocycles. The molecular formula is C21H22N2O. The smallest absolute Gasteiger partial charge is 0.256 e. The Morgan fingerprint density at radius 2 is 1.83 bits per heavy atom. The summed E-state index contributed by atoms with van der Waals surface area (Å²) in [6.45, 7) is 6.32. The fraction of sp³-hybridized carbons (Fsp3) is 0.238. The topological polar surface area (TPSA) is 42.0 Å². The first kappa shape index (κ1) is 16.2.